The molecule has 0 fully saturated rings. The molecule has 0 heterocycles. The Morgan fingerprint density at radius 2 is 2.00 bits per heavy atom. The summed E-state index contributed by atoms with van der Waals surface area (Å²) in [4.78, 5) is -0.0987. The average Bonchev–Trinajstić information content (AvgIpc) is 1.99. The fourth-order valence-corrected chi connectivity index (χ4v) is 3.05. The van der Waals surface area contributed by atoms with Crippen molar-refractivity contribution in [2.75, 3.05) is 5.75 Å². The zero-order valence-electron chi connectivity index (χ0n) is 7.88. The molecule has 0 aromatic heterocycles. The standard InChI is InChI=1S/C9H9BrF2O2S/c1-9(11,12)6-15(13,14)8-4-2-3-7(10)5-8/h2-5H,6H2,1H3. The van der Waals surface area contributed by atoms with Gasteiger partial charge in [-0.3, -0.25) is 0 Å². The third-order valence-electron chi connectivity index (χ3n) is 1.60. The van der Waals surface area contributed by atoms with E-state index in [1.807, 2.05) is 0 Å². The average molecular weight is 299 g/mol. The summed E-state index contributed by atoms with van der Waals surface area (Å²) in [5, 5.41) is 0. The molecule has 0 unspecified atom stereocenters. The molecule has 1 aromatic rings. The highest BCUT2D eigenvalue weighted by atomic mass is 79.9. The zero-order chi connectivity index (χ0) is 11.7. The highest BCUT2D eigenvalue weighted by Gasteiger charge is 2.31. The van der Waals surface area contributed by atoms with E-state index >= 15 is 0 Å². The van der Waals surface area contributed by atoms with Gasteiger partial charge in [0.05, 0.1) is 4.90 Å². The molecule has 0 radical (unpaired) electrons. The summed E-state index contributed by atoms with van der Waals surface area (Å²) in [5.41, 5.74) is 0. The van der Waals surface area contributed by atoms with E-state index in [1.165, 1.54) is 18.2 Å². The molecule has 2 nitrogen and oxygen atoms in total. The second-order valence-corrected chi connectivity index (χ2v) is 6.19. The van der Waals surface area contributed by atoms with E-state index in [1.54, 1.807) is 6.07 Å². The molecule has 0 aliphatic heterocycles. The summed E-state index contributed by atoms with van der Waals surface area (Å²) in [5.74, 6) is -4.39. The lowest BCUT2D eigenvalue weighted by molar-refractivity contribution is 0.0473. The molecule has 0 amide bonds. The van der Waals surface area contributed by atoms with Crippen LogP contribution in [0.25, 0.3) is 0 Å². The summed E-state index contributed by atoms with van der Waals surface area (Å²) >= 11 is 3.08. The van der Waals surface area contributed by atoms with E-state index in [4.69, 9.17) is 0 Å². The van der Waals surface area contributed by atoms with E-state index in [2.05, 4.69) is 15.9 Å². The van der Waals surface area contributed by atoms with Crippen LogP contribution in [0.2, 0.25) is 0 Å². The fourth-order valence-electron chi connectivity index (χ4n) is 1.08. The second kappa shape index (κ2) is 4.17. The molecule has 0 N–H and O–H groups in total. The van der Waals surface area contributed by atoms with Crippen LogP contribution in [0.1, 0.15) is 6.92 Å². The minimum atomic E-state index is -3.92. The molecule has 1 aromatic carbocycles. The molecular formula is C9H9BrF2O2S. The van der Waals surface area contributed by atoms with Gasteiger partial charge in [-0.1, -0.05) is 22.0 Å². The van der Waals surface area contributed by atoms with Gasteiger partial charge < -0.3 is 0 Å². The SMILES string of the molecule is CC(F)(F)CS(=O)(=O)c1cccc(Br)c1. The maximum Gasteiger partial charge on any atom is 0.259 e. The number of halogens is 3. The van der Waals surface area contributed by atoms with E-state index in [0.29, 0.717) is 11.4 Å². The van der Waals surface area contributed by atoms with Gasteiger partial charge in [0.2, 0.25) is 0 Å². The van der Waals surface area contributed by atoms with E-state index in [-0.39, 0.29) is 4.90 Å². The Bertz CT molecular complexity index is 451. The summed E-state index contributed by atoms with van der Waals surface area (Å²) in [7, 11) is -3.92. The Labute approximate surface area is 95.4 Å². The van der Waals surface area contributed by atoms with Gasteiger partial charge in [0, 0.05) is 11.4 Å². The van der Waals surface area contributed by atoms with E-state index in [0.717, 1.165) is 0 Å². The highest BCUT2D eigenvalue weighted by molar-refractivity contribution is 9.10. The molecule has 0 saturated carbocycles. The van der Waals surface area contributed by atoms with Gasteiger partial charge in [0.1, 0.15) is 5.75 Å². The number of rotatable bonds is 3. The lowest BCUT2D eigenvalue weighted by atomic mass is 10.4. The first kappa shape index (κ1) is 12.6. The van der Waals surface area contributed by atoms with Crippen LogP contribution in [0.15, 0.2) is 33.6 Å². The van der Waals surface area contributed by atoms with Crippen molar-refractivity contribution in [2.45, 2.75) is 17.7 Å². The van der Waals surface area contributed by atoms with Crippen LogP contribution in [0.5, 0.6) is 0 Å². The molecule has 1 rings (SSSR count). The van der Waals surface area contributed by atoms with Gasteiger partial charge in [0.25, 0.3) is 5.92 Å². The quantitative estimate of drug-likeness (QED) is 0.860. The Hall–Kier alpha value is -0.490. The van der Waals surface area contributed by atoms with Crippen molar-refractivity contribution in [3.63, 3.8) is 0 Å². The molecule has 15 heavy (non-hydrogen) atoms. The predicted octanol–water partition coefficient (Wildman–Crippen LogP) is 2.88. The Balaban J connectivity index is 3.07. The van der Waals surface area contributed by atoms with Crippen LogP contribution in [0, 0.1) is 0 Å². The van der Waals surface area contributed by atoms with Crippen LogP contribution in [0.3, 0.4) is 0 Å². The minimum Gasteiger partial charge on any atom is -0.223 e. The Morgan fingerprint density at radius 3 is 2.47 bits per heavy atom. The number of hydrogen-bond donors (Lipinski definition) is 0. The molecule has 0 aliphatic carbocycles. The molecule has 0 saturated heterocycles. The highest BCUT2D eigenvalue weighted by Crippen LogP contribution is 2.22. The maximum absolute atomic E-state index is 12.6. The van der Waals surface area contributed by atoms with Crippen LogP contribution in [-0.2, 0) is 9.84 Å². The Morgan fingerprint density at radius 1 is 1.40 bits per heavy atom. The maximum atomic E-state index is 12.6. The predicted molar refractivity (Wildman–Crippen MR) is 56.8 cm³/mol. The first-order valence-electron chi connectivity index (χ1n) is 4.07. The Kier molecular flexibility index (Phi) is 3.50. The molecule has 0 atom stereocenters. The number of alkyl halides is 2. The summed E-state index contributed by atoms with van der Waals surface area (Å²) in [6.45, 7) is 0.586. The van der Waals surface area contributed by atoms with Crippen LogP contribution in [0.4, 0.5) is 8.78 Å². The largest absolute Gasteiger partial charge is 0.259 e. The second-order valence-electron chi connectivity index (χ2n) is 3.29. The first-order chi connectivity index (χ1) is 6.71. The van der Waals surface area contributed by atoms with Crippen molar-refractivity contribution in [3.8, 4) is 0 Å². The van der Waals surface area contributed by atoms with Crippen molar-refractivity contribution in [1.29, 1.82) is 0 Å². The molecular weight excluding hydrogens is 290 g/mol. The topological polar surface area (TPSA) is 34.1 Å². The number of benzene rings is 1. The summed E-state index contributed by atoms with van der Waals surface area (Å²) in [6, 6.07) is 5.72. The molecule has 0 aliphatic rings. The van der Waals surface area contributed by atoms with Crippen molar-refractivity contribution in [1.82, 2.24) is 0 Å². The monoisotopic (exact) mass is 298 g/mol. The van der Waals surface area contributed by atoms with Crippen molar-refractivity contribution < 1.29 is 17.2 Å². The number of hydrogen-bond acceptors (Lipinski definition) is 2. The fraction of sp³-hybridized carbons (Fsp3) is 0.333. The van der Waals surface area contributed by atoms with Crippen LogP contribution in [-0.4, -0.2) is 20.1 Å². The van der Waals surface area contributed by atoms with E-state index < -0.39 is 21.5 Å². The lowest BCUT2D eigenvalue weighted by Gasteiger charge is -2.10. The van der Waals surface area contributed by atoms with Crippen molar-refractivity contribution >= 4 is 25.8 Å². The van der Waals surface area contributed by atoms with Crippen molar-refractivity contribution in [3.05, 3.63) is 28.7 Å². The van der Waals surface area contributed by atoms with Crippen LogP contribution >= 0.6 is 15.9 Å². The molecule has 84 valence electrons. The van der Waals surface area contributed by atoms with Gasteiger partial charge in [-0.05, 0) is 18.2 Å². The molecule has 6 heteroatoms. The van der Waals surface area contributed by atoms with Gasteiger partial charge in [-0.2, -0.15) is 0 Å². The third-order valence-corrected chi connectivity index (χ3v) is 3.95. The lowest BCUT2D eigenvalue weighted by Crippen LogP contribution is -2.24. The van der Waals surface area contributed by atoms with Gasteiger partial charge in [-0.15, -0.1) is 0 Å². The third kappa shape index (κ3) is 3.87. The first-order valence-corrected chi connectivity index (χ1v) is 6.51. The van der Waals surface area contributed by atoms with Gasteiger partial charge in [-0.25, -0.2) is 17.2 Å². The normalized spacial score (nSPS) is 12.8. The van der Waals surface area contributed by atoms with Gasteiger partial charge in [0.15, 0.2) is 9.84 Å². The van der Waals surface area contributed by atoms with Crippen LogP contribution < -0.4 is 0 Å². The summed E-state index contributed by atoms with van der Waals surface area (Å²) < 4.78 is 48.8. The minimum absolute atomic E-state index is 0.0987. The molecule has 0 bridgehead atoms. The van der Waals surface area contributed by atoms with Gasteiger partial charge >= 0.3 is 0 Å². The molecule has 0 spiro atoms. The number of sulfone groups is 1. The smallest absolute Gasteiger partial charge is 0.223 e. The van der Waals surface area contributed by atoms with Crippen molar-refractivity contribution in [2.24, 2.45) is 0 Å². The summed E-state index contributed by atoms with van der Waals surface area (Å²) in [6.07, 6.45) is 0. The zero-order valence-corrected chi connectivity index (χ0v) is 10.3. The van der Waals surface area contributed by atoms with E-state index in [9.17, 15) is 17.2 Å².